The van der Waals surface area contributed by atoms with Crippen LogP contribution in [-0.2, 0) is 10.3 Å². The first-order valence-electron chi connectivity index (χ1n) is 7.68. The normalized spacial score (nSPS) is 13.7. The van der Waals surface area contributed by atoms with E-state index < -0.39 is 5.60 Å². The summed E-state index contributed by atoms with van der Waals surface area (Å²) in [6.07, 6.45) is 5.89. The average molecular weight is 308 g/mol. The number of hydrogen-bond acceptors (Lipinski definition) is 5. The molecule has 0 bridgehead atoms. The van der Waals surface area contributed by atoms with E-state index in [0.29, 0.717) is 6.54 Å². The van der Waals surface area contributed by atoms with Crippen LogP contribution in [0.3, 0.4) is 0 Å². The minimum Gasteiger partial charge on any atom is -0.372 e. The molecule has 1 unspecified atom stereocenters. The topological polar surface area (TPSA) is 59.9 Å². The second kappa shape index (κ2) is 6.71. The number of rotatable bonds is 6. The molecule has 0 fully saturated rings. The second-order valence-electron chi connectivity index (χ2n) is 5.39. The fourth-order valence-electron chi connectivity index (χ4n) is 2.78. The fraction of sp³-hybridized carbons (Fsp3) is 0.278. The van der Waals surface area contributed by atoms with Crippen molar-refractivity contribution in [3.05, 3.63) is 60.7 Å². The van der Waals surface area contributed by atoms with Gasteiger partial charge in [0.15, 0.2) is 0 Å². The first kappa shape index (κ1) is 15.4. The Labute approximate surface area is 135 Å². The summed E-state index contributed by atoms with van der Waals surface area (Å²) in [5.74, 6) is 0.795. The smallest absolute Gasteiger partial charge is 0.137 e. The average Bonchev–Trinajstić information content (AvgIpc) is 2.64. The Hall–Kier alpha value is -2.53. The Morgan fingerprint density at radius 1 is 1.13 bits per heavy atom. The summed E-state index contributed by atoms with van der Waals surface area (Å²) in [7, 11) is 1.75. The highest BCUT2D eigenvalue weighted by Gasteiger charge is 2.30. The number of fused-ring (bicyclic) bond motifs is 1. The summed E-state index contributed by atoms with van der Waals surface area (Å²) in [5, 5.41) is 4.38. The van der Waals surface area contributed by atoms with Gasteiger partial charge in [-0.1, -0.05) is 37.3 Å². The summed E-state index contributed by atoms with van der Waals surface area (Å²) in [6.45, 7) is 2.75. The molecule has 1 atom stereocenters. The van der Waals surface area contributed by atoms with Crippen molar-refractivity contribution in [1.29, 1.82) is 0 Å². The van der Waals surface area contributed by atoms with Crippen molar-refractivity contribution in [3.8, 4) is 0 Å². The number of hydrogen-bond donors (Lipinski definition) is 1. The molecule has 0 saturated heterocycles. The molecule has 2 heterocycles. The largest absolute Gasteiger partial charge is 0.372 e. The van der Waals surface area contributed by atoms with E-state index in [2.05, 4.69) is 39.3 Å². The van der Waals surface area contributed by atoms with E-state index in [-0.39, 0.29) is 0 Å². The third-order valence-electron chi connectivity index (χ3n) is 4.24. The molecule has 0 radical (unpaired) electrons. The standard InChI is InChI=1S/C18H20N4O/c1-3-18(23-2,14-7-5-4-6-8-14)12-20-17-15-9-10-19-11-16(15)21-13-22-17/h4-11,13H,3,12H2,1-2H3,(H,20,21,22). The molecule has 2 aromatic heterocycles. The first-order valence-corrected chi connectivity index (χ1v) is 7.68. The lowest BCUT2D eigenvalue weighted by atomic mass is 9.90. The Morgan fingerprint density at radius 3 is 2.70 bits per heavy atom. The molecule has 5 heteroatoms. The summed E-state index contributed by atoms with van der Waals surface area (Å²) in [5.41, 5.74) is 1.58. The molecule has 118 valence electrons. The van der Waals surface area contributed by atoms with Gasteiger partial charge in [0.25, 0.3) is 0 Å². The quantitative estimate of drug-likeness (QED) is 0.756. The molecule has 3 rings (SSSR count). The summed E-state index contributed by atoms with van der Waals surface area (Å²) in [4.78, 5) is 12.7. The molecule has 23 heavy (non-hydrogen) atoms. The van der Waals surface area contributed by atoms with Gasteiger partial charge in [-0.2, -0.15) is 0 Å². The van der Waals surface area contributed by atoms with Gasteiger partial charge in [0.1, 0.15) is 17.7 Å². The molecular formula is C18H20N4O. The summed E-state index contributed by atoms with van der Waals surface area (Å²) >= 11 is 0. The highest BCUT2D eigenvalue weighted by Crippen LogP contribution is 2.30. The summed E-state index contributed by atoms with van der Waals surface area (Å²) < 4.78 is 5.89. The molecule has 3 aromatic rings. The second-order valence-corrected chi connectivity index (χ2v) is 5.39. The first-order chi connectivity index (χ1) is 11.3. The maximum absolute atomic E-state index is 5.89. The van der Waals surface area contributed by atoms with E-state index in [9.17, 15) is 0 Å². The van der Waals surface area contributed by atoms with Gasteiger partial charge in [0.2, 0.25) is 0 Å². The lowest BCUT2D eigenvalue weighted by Crippen LogP contribution is -2.36. The fourth-order valence-corrected chi connectivity index (χ4v) is 2.78. The van der Waals surface area contributed by atoms with Crippen LogP contribution in [-0.4, -0.2) is 28.6 Å². The minimum atomic E-state index is -0.397. The van der Waals surface area contributed by atoms with E-state index in [4.69, 9.17) is 4.74 Å². The zero-order valence-electron chi connectivity index (χ0n) is 13.4. The van der Waals surface area contributed by atoms with Crippen LogP contribution in [0, 0.1) is 0 Å². The van der Waals surface area contributed by atoms with Crippen molar-refractivity contribution in [2.24, 2.45) is 0 Å². The van der Waals surface area contributed by atoms with Crippen molar-refractivity contribution >= 4 is 16.7 Å². The molecular weight excluding hydrogens is 288 g/mol. The van der Waals surface area contributed by atoms with Crippen molar-refractivity contribution in [2.75, 3.05) is 19.0 Å². The van der Waals surface area contributed by atoms with Crippen LogP contribution in [0.4, 0.5) is 5.82 Å². The van der Waals surface area contributed by atoms with Crippen LogP contribution in [0.5, 0.6) is 0 Å². The van der Waals surface area contributed by atoms with E-state index in [1.54, 1.807) is 25.8 Å². The van der Waals surface area contributed by atoms with E-state index in [0.717, 1.165) is 28.7 Å². The van der Waals surface area contributed by atoms with Gasteiger partial charge in [0, 0.05) is 25.2 Å². The van der Waals surface area contributed by atoms with Crippen molar-refractivity contribution in [2.45, 2.75) is 18.9 Å². The highest BCUT2D eigenvalue weighted by atomic mass is 16.5. The van der Waals surface area contributed by atoms with Crippen LogP contribution in [0.1, 0.15) is 18.9 Å². The zero-order chi connectivity index (χ0) is 16.1. The monoisotopic (exact) mass is 308 g/mol. The minimum absolute atomic E-state index is 0.397. The van der Waals surface area contributed by atoms with Gasteiger partial charge in [-0.25, -0.2) is 9.97 Å². The number of aromatic nitrogens is 3. The number of nitrogens with one attached hydrogen (secondary N) is 1. The van der Waals surface area contributed by atoms with Crippen LogP contribution >= 0.6 is 0 Å². The summed E-state index contributed by atoms with van der Waals surface area (Å²) in [6, 6.07) is 12.2. The van der Waals surface area contributed by atoms with Gasteiger partial charge in [0.05, 0.1) is 11.7 Å². The number of pyridine rings is 1. The third kappa shape index (κ3) is 3.00. The molecule has 0 spiro atoms. The molecule has 0 aliphatic carbocycles. The zero-order valence-corrected chi connectivity index (χ0v) is 13.4. The van der Waals surface area contributed by atoms with Crippen LogP contribution in [0.25, 0.3) is 10.9 Å². The van der Waals surface area contributed by atoms with Crippen LogP contribution in [0.2, 0.25) is 0 Å². The Kier molecular flexibility index (Phi) is 4.48. The lowest BCUT2D eigenvalue weighted by molar-refractivity contribution is -0.00668. The molecule has 0 amide bonds. The molecule has 1 aromatic carbocycles. The van der Waals surface area contributed by atoms with Crippen molar-refractivity contribution < 1.29 is 4.74 Å². The van der Waals surface area contributed by atoms with E-state index >= 15 is 0 Å². The van der Waals surface area contributed by atoms with Gasteiger partial charge in [-0.15, -0.1) is 0 Å². The molecule has 5 nitrogen and oxygen atoms in total. The number of benzene rings is 1. The van der Waals surface area contributed by atoms with Crippen LogP contribution in [0.15, 0.2) is 55.1 Å². The SMILES string of the molecule is CCC(CNc1ncnc2cnccc12)(OC)c1ccccc1. The number of methoxy groups -OCH3 is 1. The predicted octanol–water partition coefficient (Wildman–Crippen LogP) is 3.39. The molecule has 1 N–H and O–H groups in total. The lowest BCUT2D eigenvalue weighted by Gasteiger charge is -2.32. The van der Waals surface area contributed by atoms with Crippen molar-refractivity contribution in [1.82, 2.24) is 15.0 Å². The van der Waals surface area contributed by atoms with Gasteiger partial charge in [-0.3, -0.25) is 4.98 Å². The van der Waals surface area contributed by atoms with Crippen molar-refractivity contribution in [3.63, 3.8) is 0 Å². The molecule has 0 aliphatic heterocycles. The Morgan fingerprint density at radius 2 is 1.96 bits per heavy atom. The number of ether oxygens (including phenoxy) is 1. The van der Waals surface area contributed by atoms with Gasteiger partial charge >= 0.3 is 0 Å². The molecule has 0 aliphatic rings. The highest BCUT2D eigenvalue weighted by molar-refractivity contribution is 5.87. The Bertz CT molecular complexity index is 767. The Balaban J connectivity index is 1.90. The third-order valence-corrected chi connectivity index (χ3v) is 4.24. The number of nitrogens with zero attached hydrogens (tertiary/aromatic N) is 3. The molecule has 0 saturated carbocycles. The maximum Gasteiger partial charge on any atom is 0.137 e. The maximum atomic E-state index is 5.89. The van der Waals surface area contributed by atoms with E-state index in [1.165, 1.54) is 0 Å². The van der Waals surface area contributed by atoms with Crippen LogP contribution < -0.4 is 5.32 Å². The predicted molar refractivity (Wildman–Crippen MR) is 91.2 cm³/mol. The number of anilines is 1. The van der Waals surface area contributed by atoms with E-state index in [1.807, 2.05) is 24.3 Å². The van der Waals surface area contributed by atoms with Gasteiger partial charge < -0.3 is 10.1 Å². The van der Waals surface area contributed by atoms with Gasteiger partial charge in [-0.05, 0) is 18.1 Å².